The number of carbonyl (C=O) groups is 3. The molecule has 1 amide bonds. The molecule has 0 saturated carbocycles. The maximum Gasteiger partial charge on any atom is 0.337 e. The smallest absolute Gasteiger partial charge is 0.337 e. The fourth-order valence-electron chi connectivity index (χ4n) is 5.39. The summed E-state index contributed by atoms with van der Waals surface area (Å²) in [6.45, 7) is 6.00. The number of nitrogens with two attached hydrogens (primary N) is 1. The molecular weight excluding hydrogens is 573 g/mol. The van der Waals surface area contributed by atoms with Crippen LogP contribution in [0, 0.1) is 23.7 Å². The molecule has 42 heavy (non-hydrogen) atoms. The molecule has 10 nitrogen and oxygen atoms in total. The highest BCUT2D eigenvalue weighted by atomic mass is 32.2. The Labute approximate surface area is 250 Å². The van der Waals surface area contributed by atoms with E-state index >= 15 is 0 Å². The fraction of sp³-hybridized carbons (Fsp3) is 0.267. The van der Waals surface area contributed by atoms with Crippen molar-refractivity contribution in [3.8, 4) is 6.07 Å². The van der Waals surface area contributed by atoms with Crippen LogP contribution in [-0.4, -0.2) is 38.7 Å². The highest BCUT2D eigenvalue weighted by Gasteiger charge is 2.45. The van der Waals surface area contributed by atoms with Crippen LogP contribution in [0.1, 0.15) is 54.1 Å². The minimum atomic E-state index is -1.14. The number of Topliss-reactive ketones (excluding diaryl/α,β-unsaturated/α-hetero) is 1. The number of rotatable bonds is 7. The largest absolute Gasteiger partial charge is 0.478 e. The number of benzene rings is 2. The average molecular weight is 601 g/mol. The second-order valence-electron chi connectivity index (χ2n) is 10.9. The third-order valence-electron chi connectivity index (χ3n) is 7.23. The number of carbonyl (C=O) groups excluding carboxylic acids is 2. The minimum Gasteiger partial charge on any atom is -0.478 e. The summed E-state index contributed by atoms with van der Waals surface area (Å²) < 4.78 is 0.475. The van der Waals surface area contributed by atoms with E-state index in [0.717, 1.165) is 22.9 Å². The molecule has 5 rings (SSSR count). The van der Waals surface area contributed by atoms with Gasteiger partial charge in [-0.15, -0.1) is 10.2 Å². The Balaban J connectivity index is 1.46. The fourth-order valence-corrected chi connectivity index (χ4v) is 7.07. The van der Waals surface area contributed by atoms with E-state index in [1.807, 2.05) is 45.0 Å². The maximum atomic E-state index is 13.7. The van der Waals surface area contributed by atoms with E-state index in [4.69, 9.17) is 5.73 Å². The zero-order valence-electron chi connectivity index (χ0n) is 23.2. The van der Waals surface area contributed by atoms with Crippen LogP contribution in [-0.2, 0) is 9.59 Å². The lowest BCUT2D eigenvalue weighted by atomic mass is 9.68. The molecule has 214 valence electrons. The molecule has 0 saturated heterocycles. The van der Waals surface area contributed by atoms with Gasteiger partial charge in [-0.05, 0) is 42.0 Å². The summed E-state index contributed by atoms with van der Waals surface area (Å²) in [4.78, 5) is 39.4. The summed E-state index contributed by atoms with van der Waals surface area (Å²) in [5.74, 6) is -1.99. The monoisotopic (exact) mass is 600 g/mol. The third-order valence-corrected chi connectivity index (χ3v) is 9.27. The average Bonchev–Trinajstić information content (AvgIpc) is 3.39. The zero-order valence-corrected chi connectivity index (χ0v) is 24.8. The van der Waals surface area contributed by atoms with Crippen molar-refractivity contribution in [1.82, 2.24) is 10.2 Å². The van der Waals surface area contributed by atoms with Crippen LogP contribution < -0.4 is 16.0 Å². The number of hydrogen-bond donors (Lipinski definition) is 3. The number of ketones is 1. The van der Waals surface area contributed by atoms with Crippen molar-refractivity contribution < 1.29 is 19.5 Å². The van der Waals surface area contributed by atoms with E-state index in [1.165, 1.54) is 23.5 Å². The number of nitrogens with zero attached hydrogens (tertiary/aromatic N) is 4. The van der Waals surface area contributed by atoms with Gasteiger partial charge in [0.05, 0.1) is 34.6 Å². The van der Waals surface area contributed by atoms with E-state index in [9.17, 15) is 24.8 Å². The molecule has 0 spiro atoms. The first-order chi connectivity index (χ1) is 20.0. The zero-order chi connectivity index (χ0) is 30.2. The topological polar surface area (TPSA) is 162 Å². The molecule has 0 bridgehead atoms. The van der Waals surface area contributed by atoms with Crippen molar-refractivity contribution >= 4 is 51.6 Å². The summed E-state index contributed by atoms with van der Waals surface area (Å²) in [6, 6.07) is 16.1. The maximum absolute atomic E-state index is 13.7. The van der Waals surface area contributed by atoms with Crippen LogP contribution >= 0.6 is 23.1 Å². The van der Waals surface area contributed by atoms with Gasteiger partial charge in [-0.25, -0.2) is 4.79 Å². The lowest BCUT2D eigenvalue weighted by molar-refractivity contribution is -0.118. The van der Waals surface area contributed by atoms with Gasteiger partial charge in [0, 0.05) is 17.7 Å². The van der Waals surface area contributed by atoms with Gasteiger partial charge < -0.3 is 16.2 Å². The number of para-hydroxylation sites is 1. The molecule has 0 fully saturated rings. The first-order valence-corrected chi connectivity index (χ1v) is 14.9. The number of carboxylic acids is 1. The van der Waals surface area contributed by atoms with E-state index < -0.39 is 17.8 Å². The number of aromatic nitrogens is 2. The summed E-state index contributed by atoms with van der Waals surface area (Å²) >= 11 is 2.33. The van der Waals surface area contributed by atoms with Gasteiger partial charge in [0.25, 0.3) is 0 Å². The molecular formula is C30H28N6O4S2. The Kier molecular flexibility index (Phi) is 7.90. The molecule has 12 heteroatoms. The summed E-state index contributed by atoms with van der Waals surface area (Å²) in [5.41, 5.74) is 9.92. The molecule has 1 aliphatic carbocycles. The predicted octanol–water partition coefficient (Wildman–Crippen LogP) is 5.22. The minimum absolute atomic E-state index is 0.00672. The summed E-state index contributed by atoms with van der Waals surface area (Å²) in [6.07, 6.45) is 0.890. The number of aromatic carboxylic acids is 1. The van der Waals surface area contributed by atoms with Gasteiger partial charge in [-0.3, -0.25) is 14.5 Å². The van der Waals surface area contributed by atoms with Crippen molar-refractivity contribution in [2.75, 3.05) is 16.0 Å². The van der Waals surface area contributed by atoms with E-state index in [2.05, 4.69) is 21.6 Å². The van der Waals surface area contributed by atoms with Crippen molar-refractivity contribution in [1.29, 1.82) is 5.26 Å². The normalized spacial score (nSPS) is 18.0. The quantitative estimate of drug-likeness (QED) is 0.307. The molecule has 4 N–H and O–H groups in total. The highest BCUT2D eigenvalue weighted by molar-refractivity contribution is 8.01. The number of nitrogens with one attached hydrogen (secondary N) is 1. The lowest BCUT2D eigenvalue weighted by Gasteiger charge is -2.42. The van der Waals surface area contributed by atoms with Gasteiger partial charge >= 0.3 is 5.97 Å². The van der Waals surface area contributed by atoms with Crippen molar-refractivity contribution in [3.05, 3.63) is 87.9 Å². The Morgan fingerprint density at radius 2 is 1.90 bits per heavy atom. The number of anilines is 2. The number of thioether (sulfide) groups is 1. The predicted molar refractivity (Wildman–Crippen MR) is 161 cm³/mol. The van der Waals surface area contributed by atoms with Crippen LogP contribution in [0.2, 0.25) is 0 Å². The van der Waals surface area contributed by atoms with Crippen LogP contribution in [0.5, 0.6) is 0 Å². The number of amides is 1. The first-order valence-electron chi connectivity index (χ1n) is 13.1. The Bertz CT molecular complexity index is 1720. The van der Waals surface area contributed by atoms with Crippen molar-refractivity contribution in [2.45, 2.75) is 43.9 Å². The Morgan fingerprint density at radius 3 is 2.62 bits per heavy atom. The molecule has 1 aromatic heterocycles. The second-order valence-corrected chi connectivity index (χ2v) is 13.1. The number of aryl methyl sites for hydroxylation is 1. The van der Waals surface area contributed by atoms with Crippen molar-refractivity contribution in [2.24, 2.45) is 11.1 Å². The second kappa shape index (κ2) is 11.4. The van der Waals surface area contributed by atoms with Gasteiger partial charge in [0.15, 0.2) is 10.1 Å². The summed E-state index contributed by atoms with van der Waals surface area (Å²) in [5, 5.41) is 31.2. The van der Waals surface area contributed by atoms with Gasteiger partial charge in [-0.2, -0.15) is 5.26 Å². The molecule has 2 aromatic carbocycles. The molecule has 2 heterocycles. The van der Waals surface area contributed by atoms with Crippen LogP contribution in [0.25, 0.3) is 0 Å². The molecule has 1 aliphatic heterocycles. The molecule has 1 unspecified atom stereocenters. The highest BCUT2D eigenvalue weighted by Crippen LogP contribution is 2.51. The van der Waals surface area contributed by atoms with Crippen LogP contribution in [0.3, 0.4) is 0 Å². The molecule has 1 atom stereocenters. The summed E-state index contributed by atoms with van der Waals surface area (Å²) in [7, 11) is 0. The van der Waals surface area contributed by atoms with Gasteiger partial charge in [0.2, 0.25) is 11.0 Å². The lowest BCUT2D eigenvalue weighted by Crippen LogP contribution is -2.42. The standard InChI is InChI=1S/C30H28N6O4S2/c1-16-8-4-5-9-17(16)24-19(14-31)26(32)36(21-12-30(2,3)13-22(37)25(21)24)28-34-35-29(42-28)41-15-23(38)33-20-11-7-6-10-18(20)27(39)40/h4-11,24H,12-13,15,32H2,1-3H3,(H,33,38)(H,39,40). The van der Waals surface area contributed by atoms with Crippen LogP contribution in [0.15, 0.2) is 75.5 Å². The van der Waals surface area contributed by atoms with Crippen molar-refractivity contribution in [3.63, 3.8) is 0 Å². The number of carboxylic acid groups (broad SMARTS) is 1. The SMILES string of the molecule is Cc1ccccc1C1C(C#N)=C(N)N(c2nnc(SCC(=O)Nc3ccccc3C(=O)O)s2)C2=C1C(=O)CC(C)(C)C2. The molecule has 0 radical (unpaired) electrons. The Hall–Kier alpha value is -4.47. The van der Waals surface area contributed by atoms with Gasteiger partial charge in [-0.1, -0.05) is 73.3 Å². The van der Waals surface area contributed by atoms with Gasteiger partial charge in [0.1, 0.15) is 5.82 Å². The number of allylic oxidation sites excluding steroid dienone is 3. The van der Waals surface area contributed by atoms with E-state index in [1.54, 1.807) is 17.0 Å². The number of nitriles is 1. The molecule has 2 aliphatic rings. The molecule has 3 aromatic rings. The van der Waals surface area contributed by atoms with E-state index in [-0.39, 0.29) is 39.6 Å². The number of hydrogen-bond acceptors (Lipinski definition) is 10. The van der Waals surface area contributed by atoms with E-state index in [0.29, 0.717) is 33.6 Å². The Morgan fingerprint density at radius 1 is 1.19 bits per heavy atom. The van der Waals surface area contributed by atoms with Crippen LogP contribution in [0.4, 0.5) is 10.8 Å². The third kappa shape index (κ3) is 5.53. The first kappa shape index (κ1) is 29.0.